The van der Waals surface area contributed by atoms with E-state index in [9.17, 15) is 10.2 Å². The van der Waals surface area contributed by atoms with Gasteiger partial charge in [0.2, 0.25) is 0 Å². The average molecular weight is 607 g/mol. The monoisotopic (exact) mass is 606 g/mol. The van der Waals surface area contributed by atoms with Crippen LogP contribution in [-0.2, 0) is 9.47 Å². The van der Waals surface area contributed by atoms with Crippen molar-refractivity contribution in [2.75, 3.05) is 0 Å². The zero-order valence-corrected chi connectivity index (χ0v) is 29.6. The first kappa shape index (κ1) is 35.1. The van der Waals surface area contributed by atoms with E-state index in [2.05, 4.69) is 118 Å². The maximum absolute atomic E-state index is 10.3. The fraction of sp³-hybridized carbons (Fsp3) is 0.700. The van der Waals surface area contributed by atoms with Gasteiger partial charge in [0.25, 0.3) is 0 Å². The Labute approximate surface area is 269 Å². The predicted octanol–water partition coefficient (Wildman–Crippen LogP) is 9.64. The maximum atomic E-state index is 10.3. The molecule has 2 saturated heterocycles. The van der Waals surface area contributed by atoms with E-state index < -0.39 is 0 Å². The number of epoxide rings is 2. The van der Waals surface area contributed by atoms with Crippen molar-refractivity contribution in [3.8, 4) is 0 Å². The second kappa shape index (κ2) is 12.8. The average Bonchev–Trinajstić information content (AvgIpc) is 3.73. The van der Waals surface area contributed by atoms with Crippen LogP contribution in [0.25, 0.3) is 0 Å². The normalized spacial score (nSPS) is 38.6. The summed E-state index contributed by atoms with van der Waals surface area (Å²) >= 11 is 0. The van der Waals surface area contributed by atoms with Crippen molar-refractivity contribution in [2.24, 2.45) is 10.8 Å². The van der Waals surface area contributed by atoms with Crippen LogP contribution in [0.3, 0.4) is 0 Å². The van der Waals surface area contributed by atoms with Crippen LogP contribution in [-0.4, -0.2) is 44.8 Å². The highest BCUT2D eigenvalue weighted by molar-refractivity contribution is 5.36. The first-order chi connectivity index (χ1) is 20.4. The third kappa shape index (κ3) is 7.14. The number of hydrogen-bond acceptors (Lipinski definition) is 4. The van der Waals surface area contributed by atoms with Crippen LogP contribution in [0, 0.1) is 10.8 Å². The minimum atomic E-state index is -0.281. The lowest BCUT2D eigenvalue weighted by molar-refractivity contribution is 0.0318. The van der Waals surface area contributed by atoms with Gasteiger partial charge in [-0.3, -0.25) is 0 Å². The van der Waals surface area contributed by atoms with Crippen molar-refractivity contribution in [3.63, 3.8) is 0 Å². The summed E-state index contributed by atoms with van der Waals surface area (Å²) in [6.45, 7) is 22.1. The molecule has 2 aliphatic carbocycles. The van der Waals surface area contributed by atoms with Crippen LogP contribution < -0.4 is 0 Å². The minimum absolute atomic E-state index is 0.0155. The second-order valence-electron chi connectivity index (χ2n) is 16.4. The van der Waals surface area contributed by atoms with E-state index in [4.69, 9.17) is 9.47 Å². The summed E-state index contributed by atoms with van der Waals surface area (Å²) in [6, 6.07) is 0. The van der Waals surface area contributed by atoms with E-state index in [1.54, 1.807) is 0 Å². The van der Waals surface area contributed by atoms with Crippen LogP contribution in [0.4, 0.5) is 0 Å². The molecule has 2 aliphatic heterocycles. The molecule has 2 saturated carbocycles. The van der Waals surface area contributed by atoms with Crippen LogP contribution in [0.15, 0.2) is 70.9 Å². The summed E-state index contributed by atoms with van der Waals surface area (Å²) in [5.74, 6) is 0. The van der Waals surface area contributed by atoms with Gasteiger partial charge in [0, 0.05) is 18.3 Å². The van der Waals surface area contributed by atoms with E-state index in [0.717, 1.165) is 57.8 Å². The molecule has 4 fully saturated rings. The van der Waals surface area contributed by atoms with Gasteiger partial charge in [0.1, 0.15) is 16.8 Å². The van der Waals surface area contributed by atoms with E-state index in [-0.39, 0.29) is 45.4 Å². The molecule has 0 radical (unpaired) electrons. The van der Waals surface area contributed by atoms with Gasteiger partial charge in [-0.2, -0.15) is 0 Å². The van der Waals surface area contributed by atoms with Crippen molar-refractivity contribution in [1.82, 2.24) is 0 Å². The van der Waals surface area contributed by atoms with Crippen LogP contribution in [0.2, 0.25) is 0 Å². The summed E-state index contributed by atoms with van der Waals surface area (Å²) in [5, 5.41) is 20.6. The van der Waals surface area contributed by atoms with Crippen LogP contribution in [0.5, 0.6) is 0 Å². The summed E-state index contributed by atoms with van der Waals surface area (Å²) in [5.41, 5.74) is 4.56. The Bertz CT molecular complexity index is 1240. The Morgan fingerprint density at radius 2 is 1.25 bits per heavy atom. The first-order valence-electron chi connectivity index (χ1n) is 17.2. The number of aliphatic hydroxyl groups is 2. The highest BCUT2D eigenvalue weighted by atomic mass is 16.6. The molecule has 4 rings (SSSR count). The molecule has 0 bridgehead atoms. The molecule has 2 heterocycles. The van der Waals surface area contributed by atoms with E-state index in [0.29, 0.717) is 6.42 Å². The molecule has 2 N–H and O–H groups in total. The molecular weight excluding hydrogens is 544 g/mol. The molecule has 0 aromatic heterocycles. The molecule has 246 valence electrons. The van der Waals surface area contributed by atoms with Gasteiger partial charge in [-0.25, -0.2) is 0 Å². The zero-order chi connectivity index (χ0) is 32.6. The first-order valence-corrected chi connectivity index (χ1v) is 17.2. The van der Waals surface area contributed by atoms with Gasteiger partial charge >= 0.3 is 0 Å². The lowest BCUT2D eigenvalue weighted by Gasteiger charge is -2.40. The van der Waals surface area contributed by atoms with Crippen molar-refractivity contribution in [2.45, 2.75) is 168 Å². The smallest absolute Gasteiger partial charge is 0.121 e. The fourth-order valence-electron chi connectivity index (χ4n) is 8.91. The number of aliphatic hydroxyl groups excluding tert-OH is 2. The van der Waals surface area contributed by atoms with Crippen molar-refractivity contribution in [3.05, 3.63) is 70.9 Å². The molecule has 0 amide bonds. The summed E-state index contributed by atoms with van der Waals surface area (Å²) in [7, 11) is 0. The van der Waals surface area contributed by atoms with Gasteiger partial charge in [-0.05, 0) is 104 Å². The van der Waals surface area contributed by atoms with Gasteiger partial charge < -0.3 is 19.7 Å². The number of fused-ring (bicyclic) bond motifs is 2. The molecule has 0 spiro atoms. The molecule has 0 aromatic carbocycles. The van der Waals surface area contributed by atoms with E-state index in [1.807, 2.05) is 0 Å². The Hall–Kier alpha value is -1.72. The third-order valence-corrected chi connectivity index (χ3v) is 11.5. The van der Waals surface area contributed by atoms with E-state index >= 15 is 0 Å². The topological polar surface area (TPSA) is 65.5 Å². The summed E-state index contributed by atoms with van der Waals surface area (Å²) < 4.78 is 12.6. The van der Waals surface area contributed by atoms with Gasteiger partial charge in [0.05, 0.1) is 17.8 Å². The maximum Gasteiger partial charge on any atom is 0.121 e. The van der Waals surface area contributed by atoms with Crippen molar-refractivity contribution >= 4 is 0 Å². The van der Waals surface area contributed by atoms with Crippen molar-refractivity contribution < 1.29 is 19.7 Å². The largest absolute Gasteiger partial charge is 0.393 e. The Morgan fingerprint density at radius 3 is 1.91 bits per heavy atom. The SMILES string of the molecule is CC(=C/CC/C=C(\C)CC/C=C(\C)CC[C@@]12O[C@]1(C)C[C@@H](O)CC2(C)C)/C=C/C=C(C)/C=C/[C@@]12O[C@]1(C)C[C@@H](O)CC2(C)C. The molecule has 4 aliphatic rings. The standard InChI is InChI=1S/C40H62O4/c1-29(17-13-19-31(3)21-23-39-35(5,6)25-33(41)27-37(39,9)43-39)15-11-12-16-30(2)18-14-20-32(4)22-24-40-36(7,8)26-34(42)28-38(40,10)44-40/h13,15-17,19-21,23,33-34,41-42H,11-12,14,18,22,24-28H2,1-10H3/b17-13+,23-21+,29-15-,30-16+,31-19+,32-20+/t33-,34-,37+,38+,39-,40-/m0/s1. The molecule has 6 atom stereocenters. The molecule has 4 nitrogen and oxygen atoms in total. The molecule has 0 aromatic rings. The predicted molar refractivity (Wildman–Crippen MR) is 183 cm³/mol. The lowest BCUT2D eigenvalue weighted by atomic mass is 9.61. The fourth-order valence-corrected chi connectivity index (χ4v) is 8.91. The second-order valence-corrected chi connectivity index (χ2v) is 16.4. The van der Waals surface area contributed by atoms with Crippen molar-refractivity contribution in [1.29, 1.82) is 0 Å². The zero-order valence-electron chi connectivity index (χ0n) is 29.6. The summed E-state index contributed by atoms with van der Waals surface area (Å²) in [6.07, 6.45) is 27.0. The Morgan fingerprint density at radius 1 is 0.659 bits per heavy atom. The van der Waals surface area contributed by atoms with Gasteiger partial charge in [-0.15, -0.1) is 0 Å². The Kier molecular flexibility index (Phi) is 10.2. The lowest BCUT2D eigenvalue weighted by Crippen LogP contribution is -2.47. The number of unbranched alkanes of at least 4 members (excludes halogenated alkanes) is 1. The molecule has 4 heteroatoms. The number of rotatable bonds is 13. The minimum Gasteiger partial charge on any atom is -0.393 e. The highest BCUT2D eigenvalue weighted by Crippen LogP contribution is 2.68. The number of hydrogen-bond donors (Lipinski definition) is 2. The Balaban J connectivity index is 1.16. The van der Waals surface area contributed by atoms with Crippen LogP contribution in [0.1, 0.15) is 133 Å². The van der Waals surface area contributed by atoms with E-state index in [1.165, 1.54) is 22.3 Å². The quantitative estimate of drug-likeness (QED) is 0.0948. The number of ether oxygens (including phenoxy) is 2. The van der Waals surface area contributed by atoms with Gasteiger partial charge in [-0.1, -0.05) is 92.5 Å². The molecule has 44 heavy (non-hydrogen) atoms. The number of allylic oxidation sites excluding steroid dienone is 11. The van der Waals surface area contributed by atoms with Crippen LogP contribution >= 0.6 is 0 Å². The third-order valence-electron chi connectivity index (χ3n) is 11.5. The molecular formula is C40H62O4. The van der Waals surface area contributed by atoms with Gasteiger partial charge in [0.15, 0.2) is 0 Å². The highest BCUT2D eigenvalue weighted by Gasteiger charge is 2.75. The summed E-state index contributed by atoms with van der Waals surface area (Å²) in [4.78, 5) is 0. The molecule has 0 unspecified atom stereocenters.